The van der Waals surface area contributed by atoms with Gasteiger partial charge < -0.3 is 15.3 Å². The third kappa shape index (κ3) is 9.20. The predicted octanol–water partition coefficient (Wildman–Crippen LogP) is 5.61. The number of carboxylic acids is 1. The molecule has 2 heterocycles. The van der Waals surface area contributed by atoms with Gasteiger partial charge in [0.1, 0.15) is 0 Å². The number of carboxylic acid groups (broad SMARTS) is 1. The fourth-order valence-corrected chi connectivity index (χ4v) is 5.17. The number of benzene rings is 2. The third-order valence-electron chi connectivity index (χ3n) is 7.36. The molecule has 1 unspecified atom stereocenters. The third-order valence-corrected chi connectivity index (χ3v) is 7.36. The summed E-state index contributed by atoms with van der Waals surface area (Å²) in [6.45, 7) is 5.79. The van der Waals surface area contributed by atoms with Gasteiger partial charge in [-0.3, -0.25) is 14.5 Å². The van der Waals surface area contributed by atoms with Crippen LogP contribution in [0.2, 0.25) is 0 Å². The highest BCUT2D eigenvalue weighted by atomic mass is 19.4. The average Bonchev–Trinajstić information content (AvgIpc) is 2.95. The van der Waals surface area contributed by atoms with Crippen molar-refractivity contribution >= 4 is 17.8 Å². The van der Waals surface area contributed by atoms with Gasteiger partial charge in [0.05, 0.1) is 5.56 Å². The lowest BCUT2D eigenvalue weighted by atomic mass is 9.95. The van der Waals surface area contributed by atoms with Gasteiger partial charge in [0.25, 0.3) is 11.8 Å². The van der Waals surface area contributed by atoms with Crippen molar-refractivity contribution in [2.45, 2.75) is 57.5 Å². The molecule has 42 heavy (non-hydrogen) atoms. The van der Waals surface area contributed by atoms with Crippen molar-refractivity contribution in [3.63, 3.8) is 0 Å². The van der Waals surface area contributed by atoms with Crippen molar-refractivity contribution in [1.82, 2.24) is 15.1 Å². The molecule has 0 bridgehead atoms. The number of hydrogen-bond donors (Lipinski definition) is 2. The Morgan fingerprint density at radius 3 is 2.00 bits per heavy atom. The number of piperidine rings is 2. The standard InChI is InChI=1S/C27H32F3N3O2.C2HF3O2/c1-19-5-4-14-33(18-19)23-12-15-32(16-13-23)26(35)21-10-8-20(9-11-21)25(34)31-17-22-6-2-3-7-24(22)27(28,29)30;3-2(4,5)1(6)7/h2-3,6-11,19,23H,4-5,12-18H2,1H3,(H,31,34);(H,6,7). The van der Waals surface area contributed by atoms with Crippen molar-refractivity contribution in [2.24, 2.45) is 5.92 Å². The molecule has 0 radical (unpaired) electrons. The van der Waals surface area contributed by atoms with E-state index < -0.39 is 29.8 Å². The van der Waals surface area contributed by atoms with Gasteiger partial charge in [-0.15, -0.1) is 0 Å². The van der Waals surface area contributed by atoms with Crippen molar-refractivity contribution in [2.75, 3.05) is 26.2 Å². The van der Waals surface area contributed by atoms with Crippen LogP contribution in [-0.4, -0.2) is 71.1 Å². The molecule has 13 heteroatoms. The molecule has 1 atom stereocenters. The highest BCUT2D eigenvalue weighted by Gasteiger charge is 2.38. The van der Waals surface area contributed by atoms with Gasteiger partial charge in [0.15, 0.2) is 0 Å². The molecule has 4 rings (SSSR count). The van der Waals surface area contributed by atoms with Crippen molar-refractivity contribution in [3.8, 4) is 0 Å². The van der Waals surface area contributed by atoms with Gasteiger partial charge >= 0.3 is 18.3 Å². The Labute approximate surface area is 239 Å². The Kier molecular flexibility index (Phi) is 11.0. The topological polar surface area (TPSA) is 90.0 Å². The van der Waals surface area contributed by atoms with Crippen LogP contribution >= 0.6 is 0 Å². The molecule has 2 N–H and O–H groups in total. The second kappa shape index (κ2) is 14.0. The molecule has 2 aliphatic rings. The summed E-state index contributed by atoms with van der Waals surface area (Å²) in [5.74, 6) is -2.56. The fourth-order valence-electron chi connectivity index (χ4n) is 5.17. The maximum absolute atomic E-state index is 13.1. The van der Waals surface area contributed by atoms with E-state index in [4.69, 9.17) is 9.90 Å². The molecule has 0 saturated carbocycles. The van der Waals surface area contributed by atoms with Crippen LogP contribution in [-0.2, 0) is 17.5 Å². The van der Waals surface area contributed by atoms with Gasteiger partial charge in [-0.25, -0.2) is 4.79 Å². The zero-order valence-electron chi connectivity index (χ0n) is 23.0. The minimum Gasteiger partial charge on any atom is -0.475 e. The number of aliphatic carboxylic acids is 1. The maximum atomic E-state index is 13.1. The first kappa shape index (κ1) is 32.9. The number of carbonyl (C=O) groups is 3. The number of halogens is 6. The number of rotatable bonds is 5. The zero-order chi connectivity index (χ0) is 31.1. The van der Waals surface area contributed by atoms with E-state index in [2.05, 4.69) is 17.1 Å². The second-order valence-electron chi connectivity index (χ2n) is 10.5. The summed E-state index contributed by atoms with van der Waals surface area (Å²) in [6, 6.07) is 12.0. The van der Waals surface area contributed by atoms with Gasteiger partial charge in [0.2, 0.25) is 0 Å². The number of hydrogen-bond acceptors (Lipinski definition) is 4. The highest BCUT2D eigenvalue weighted by Crippen LogP contribution is 2.32. The maximum Gasteiger partial charge on any atom is 0.490 e. The molecule has 2 fully saturated rings. The summed E-state index contributed by atoms with van der Waals surface area (Å²) in [4.78, 5) is 38.8. The molecule has 2 aromatic rings. The summed E-state index contributed by atoms with van der Waals surface area (Å²) in [5.41, 5.74) is 0.0420. The van der Waals surface area contributed by atoms with Crippen LogP contribution < -0.4 is 5.32 Å². The first-order valence-electron chi connectivity index (χ1n) is 13.5. The largest absolute Gasteiger partial charge is 0.490 e. The average molecular weight is 602 g/mol. The molecule has 230 valence electrons. The van der Waals surface area contributed by atoms with E-state index in [0.29, 0.717) is 17.2 Å². The van der Waals surface area contributed by atoms with E-state index in [1.54, 1.807) is 24.3 Å². The molecule has 2 aliphatic heterocycles. The molecule has 0 aliphatic carbocycles. The summed E-state index contributed by atoms with van der Waals surface area (Å²) < 4.78 is 71.2. The van der Waals surface area contributed by atoms with E-state index >= 15 is 0 Å². The lowest BCUT2D eigenvalue weighted by Crippen LogP contribution is -2.49. The Bertz CT molecular complexity index is 1230. The fraction of sp³-hybridized carbons (Fsp3) is 0.483. The molecular weight excluding hydrogens is 568 g/mol. The molecule has 7 nitrogen and oxygen atoms in total. The monoisotopic (exact) mass is 601 g/mol. The molecule has 0 spiro atoms. The van der Waals surface area contributed by atoms with Crippen LogP contribution in [0.1, 0.15) is 64.4 Å². The van der Waals surface area contributed by atoms with Gasteiger partial charge in [-0.05, 0) is 74.0 Å². The molecule has 2 aromatic carbocycles. The van der Waals surface area contributed by atoms with E-state index in [9.17, 15) is 35.9 Å². The molecule has 2 saturated heterocycles. The summed E-state index contributed by atoms with van der Waals surface area (Å²) in [5, 5.41) is 9.66. The van der Waals surface area contributed by atoms with Crippen molar-refractivity contribution in [3.05, 3.63) is 70.8 Å². The number of nitrogens with zero attached hydrogens (tertiary/aromatic N) is 2. The van der Waals surface area contributed by atoms with E-state index in [1.807, 2.05) is 4.90 Å². The molecule has 0 aromatic heterocycles. The minimum absolute atomic E-state index is 0.00237. The molecular formula is C29H33F6N3O4. The van der Waals surface area contributed by atoms with Gasteiger partial charge in [0, 0.05) is 43.3 Å². The Hall–Kier alpha value is -3.61. The Balaban J connectivity index is 0.000000616. The second-order valence-corrected chi connectivity index (χ2v) is 10.5. The minimum atomic E-state index is -5.08. The number of likely N-dealkylation sites (tertiary alicyclic amines) is 2. The Morgan fingerprint density at radius 2 is 1.45 bits per heavy atom. The predicted molar refractivity (Wildman–Crippen MR) is 142 cm³/mol. The summed E-state index contributed by atoms with van der Waals surface area (Å²) in [7, 11) is 0. The highest BCUT2D eigenvalue weighted by molar-refractivity contribution is 5.97. The van der Waals surface area contributed by atoms with E-state index in [0.717, 1.165) is 51.0 Å². The van der Waals surface area contributed by atoms with Crippen LogP contribution in [0.4, 0.5) is 26.3 Å². The normalized spacial score (nSPS) is 18.5. The number of amides is 2. The lowest BCUT2D eigenvalue weighted by Gasteiger charge is -2.41. The SMILES string of the molecule is CC1CCCN(C2CCN(C(=O)c3ccc(C(=O)NCc4ccccc4C(F)(F)F)cc3)CC2)C1.O=C(O)C(F)(F)F. The molecule has 2 amide bonds. The first-order valence-corrected chi connectivity index (χ1v) is 13.5. The van der Waals surface area contributed by atoms with Crippen LogP contribution in [0.25, 0.3) is 0 Å². The zero-order valence-corrected chi connectivity index (χ0v) is 23.0. The van der Waals surface area contributed by atoms with E-state index in [-0.39, 0.29) is 18.0 Å². The van der Waals surface area contributed by atoms with E-state index in [1.165, 1.54) is 31.0 Å². The quantitative estimate of drug-likeness (QED) is 0.436. The van der Waals surface area contributed by atoms with Crippen LogP contribution in [0, 0.1) is 5.92 Å². The Morgan fingerprint density at radius 1 is 0.881 bits per heavy atom. The summed E-state index contributed by atoms with van der Waals surface area (Å²) >= 11 is 0. The lowest BCUT2D eigenvalue weighted by molar-refractivity contribution is -0.192. The van der Waals surface area contributed by atoms with Crippen LogP contribution in [0.5, 0.6) is 0 Å². The van der Waals surface area contributed by atoms with Gasteiger partial charge in [-0.2, -0.15) is 26.3 Å². The number of alkyl halides is 6. The number of carbonyl (C=O) groups excluding carboxylic acids is 2. The van der Waals surface area contributed by atoms with Crippen LogP contribution in [0.15, 0.2) is 48.5 Å². The summed E-state index contributed by atoms with van der Waals surface area (Å²) in [6.07, 6.45) is -5.08. The smallest absolute Gasteiger partial charge is 0.475 e. The van der Waals surface area contributed by atoms with Gasteiger partial charge in [-0.1, -0.05) is 25.1 Å². The van der Waals surface area contributed by atoms with Crippen LogP contribution in [0.3, 0.4) is 0 Å². The van der Waals surface area contributed by atoms with Crippen molar-refractivity contribution < 1.29 is 45.8 Å². The van der Waals surface area contributed by atoms with Crippen molar-refractivity contribution in [1.29, 1.82) is 0 Å². The first-order chi connectivity index (χ1) is 19.7. The number of nitrogens with one attached hydrogen (secondary N) is 1.